The van der Waals surface area contributed by atoms with Crippen LogP contribution in [0.5, 0.6) is 0 Å². The number of likely N-dealkylation sites (N-methyl/N-ethyl adjacent to an activating group) is 1. The summed E-state index contributed by atoms with van der Waals surface area (Å²) >= 11 is 1.83. The van der Waals surface area contributed by atoms with Crippen molar-refractivity contribution in [2.24, 2.45) is 5.73 Å². The smallest absolute Gasteiger partial charge is 0.0472 e. The van der Waals surface area contributed by atoms with E-state index in [0.717, 1.165) is 13.0 Å². The molecule has 2 rings (SSSR count). The van der Waals surface area contributed by atoms with E-state index in [1.807, 2.05) is 11.3 Å². The molecule has 108 valence electrons. The Morgan fingerprint density at radius 1 is 1.15 bits per heavy atom. The number of thiophene rings is 1. The van der Waals surface area contributed by atoms with E-state index in [0.29, 0.717) is 12.6 Å². The van der Waals surface area contributed by atoms with Crippen LogP contribution in [0.2, 0.25) is 0 Å². The fourth-order valence-corrected chi connectivity index (χ4v) is 3.47. The molecule has 2 nitrogen and oxygen atoms in total. The monoisotopic (exact) mass is 288 g/mol. The first kappa shape index (κ1) is 15.2. The largest absolute Gasteiger partial charge is 0.329 e. The van der Waals surface area contributed by atoms with Gasteiger partial charge in [0.25, 0.3) is 0 Å². The zero-order chi connectivity index (χ0) is 14.5. The molecular formula is C17H24N2S. The van der Waals surface area contributed by atoms with Crippen LogP contribution in [0.4, 0.5) is 0 Å². The lowest BCUT2D eigenvalue weighted by Crippen LogP contribution is -2.33. The summed E-state index contributed by atoms with van der Waals surface area (Å²) in [6.07, 6.45) is 1.09. The summed E-state index contributed by atoms with van der Waals surface area (Å²) in [5.74, 6) is 0. The molecule has 0 aliphatic carbocycles. The summed E-state index contributed by atoms with van der Waals surface area (Å²) in [5, 5.41) is 2.14. The molecular weight excluding hydrogens is 264 g/mol. The summed E-state index contributed by atoms with van der Waals surface area (Å²) in [5.41, 5.74) is 10.1. The molecule has 0 radical (unpaired) electrons. The third-order valence-electron chi connectivity index (χ3n) is 3.92. The van der Waals surface area contributed by atoms with Crippen molar-refractivity contribution in [2.75, 3.05) is 20.1 Å². The van der Waals surface area contributed by atoms with Crippen LogP contribution < -0.4 is 5.73 Å². The average molecular weight is 288 g/mol. The highest BCUT2D eigenvalue weighted by Gasteiger charge is 2.19. The van der Waals surface area contributed by atoms with Crippen molar-refractivity contribution in [3.8, 4) is 0 Å². The number of hydrogen-bond donors (Lipinski definition) is 1. The van der Waals surface area contributed by atoms with E-state index in [1.165, 1.54) is 21.6 Å². The maximum absolute atomic E-state index is 6.05. The Bertz CT molecular complexity index is 514. The van der Waals surface area contributed by atoms with Crippen molar-refractivity contribution in [1.82, 2.24) is 4.90 Å². The molecule has 1 aromatic heterocycles. The lowest BCUT2D eigenvalue weighted by Gasteiger charge is -2.29. The highest BCUT2D eigenvalue weighted by atomic mass is 32.1. The highest BCUT2D eigenvalue weighted by Crippen LogP contribution is 2.25. The van der Waals surface area contributed by atoms with E-state index >= 15 is 0 Å². The third kappa shape index (κ3) is 3.48. The minimum Gasteiger partial charge on any atom is -0.329 e. The molecule has 0 saturated carbocycles. The van der Waals surface area contributed by atoms with Gasteiger partial charge in [0.15, 0.2) is 0 Å². The van der Waals surface area contributed by atoms with Crippen LogP contribution in [0.1, 0.15) is 27.6 Å². The number of nitrogens with two attached hydrogens (primary N) is 1. The molecule has 1 heterocycles. The van der Waals surface area contributed by atoms with Gasteiger partial charge in [-0.05, 0) is 55.5 Å². The van der Waals surface area contributed by atoms with Crippen molar-refractivity contribution >= 4 is 11.3 Å². The van der Waals surface area contributed by atoms with Gasteiger partial charge in [0, 0.05) is 24.0 Å². The van der Waals surface area contributed by atoms with E-state index in [1.54, 1.807) is 0 Å². The second-order valence-corrected chi connectivity index (χ2v) is 6.40. The normalized spacial score (nSPS) is 12.8. The van der Waals surface area contributed by atoms with E-state index < -0.39 is 0 Å². The van der Waals surface area contributed by atoms with Gasteiger partial charge in [0.2, 0.25) is 0 Å². The predicted octanol–water partition coefficient (Wildman–Crippen LogP) is 3.54. The van der Waals surface area contributed by atoms with Gasteiger partial charge in [-0.3, -0.25) is 4.90 Å². The second kappa shape index (κ2) is 7.02. The Morgan fingerprint density at radius 3 is 2.40 bits per heavy atom. The number of nitrogens with zero attached hydrogens (tertiary/aromatic N) is 1. The number of rotatable bonds is 6. The molecule has 1 aromatic carbocycles. The van der Waals surface area contributed by atoms with Gasteiger partial charge in [-0.2, -0.15) is 0 Å². The van der Waals surface area contributed by atoms with Gasteiger partial charge < -0.3 is 5.73 Å². The minimum absolute atomic E-state index is 0.302. The molecule has 2 N–H and O–H groups in total. The summed E-state index contributed by atoms with van der Waals surface area (Å²) in [7, 11) is 2.18. The Kier molecular flexibility index (Phi) is 5.35. The van der Waals surface area contributed by atoms with Crippen LogP contribution in [0.15, 0.2) is 35.7 Å². The van der Waals surface area contributed by atoms with Crippen molar-refractivity contribution in [1.29, 1.82) is 0 Å². The van der Waals surface area contributed by atoms with Gasteiger partial charge in [-0.25, -0.2) is 0 Å². The Labute approximate surface area is 126 Å². The average Bonchev–Trinajstić information content (AvgIpc) is 2.93. The number of aryl methyl sites for hydroxylation is 2. The van der Waals surface area contributed by atoms with E-state index in [4.69, 9.17) is 5.73 Å². The Hall–Kier alpha value is -1.16. The van der Waals surface area contributed by atoms with Crippen molar-refractivity contribution in [3.05, 3.63) is 57.3 Å². The van der Waals surface area contributed by atoms with Crippen LogP contribution in [0.3, 0.4) is 0 Å². The second-order valence-electron chi connectivity index (χ2n) is 5.37. The zero-order valence-electron chi connectivity index (χ0n) is 12.6. The Balaban J connectivity index is 2.11. The summed E-state index contributed by atoms with van der Waals surface area (Å²) in [6, 6.07) is 11.1. The van der Waals surface area contributed by atoms with Crippen LogP contribution in [-0.2, 0) is 6.42 Å². The number of hydrogen-bond acceptors (Lipinski definition) is 3. The minimum atomic E-state index is 0.302. The maximum Gasteiger partial charge on any atom is 0.0472 e. The topological polar surface area (TPSA) is 29.3 Å². The molecule has 0 amide bonds. The molecule has 1 unspecified atom stereocenters. The third-order valence-corrected chi connectivity index (χ3v) is 4.86. The SMILES string of the molecule is Cc1cccc(C)c1C(CN)N(C)CCc1cccs1. The van der Waals surface area contributed by atoms with Crippen LogP contribution in [0.25, 0.3) is 0 Å². The van der Waals surface area contributed by atoms with Crippen molar-refractivity contribution in [2.45, 2.75) is 26.3 Å². The predicted molar refractivity (Wildman–Crippen MR) is 88.4 cm³/mol. The Morgan fingerprint density at radius 2 is 1.85 bits per heavy atom. The summed E-state index contributed by atoms with van der Waals surface area (Å²) < 4.78 is 0. The molecule has 20 heavy (non-hydrogen) atoms. The molecule has 2 aromatic rings. The van der Waals surface area contributed by atoms with Crippen molar-refractivity contribution in [3.63, 3.8) is 0 Å². The number of benzene rings is 1. The van der Waals surface area contributed by atoms with Gasteiger partial charge in [-0.1, -0.05) is 24.3 Å². The van der Waals surface area contributed by atoms with Crippen LogP contribution in [0, 0.1) is 13.8 Å². The zero-order valence-corrected chi connectivity index (χ0v) is 13.4. The maximum atomic E-state index is 6.05. The van der Waals surface area contributed by atoms with Crippen LogP contribution >= 0.6 is 11.3 Å². The molecule has 0 spiro atoms. The molecule has 0 bridgehead atoms. The van der Waals surface area contributed by atoms with Gasteiger partial charge >= 0.3 is 0 Å². The molecule has 0 aliphatic rings. The van der Waals surface area contributed by atoms with Gasteiger partial charge in [-0.15, -0.1) is 11.3 Å². The first-order chi connectivity index (χ1) is 9.63. The lowest BCUT2D eigenvalue weighted by atomic mass is 9.95. The highest BCUT2D eigenvalue weighted by molar-refractivity contribution is 7.09. The lowest BCUT2D eigenvalue weighted by molar-refractivity contribution is 0.252. The molecule has 0 aliphatic heterocycles. The molecule has 0 saturated heterocycles. The first-order valence-corrected chi connectivity index (χ1v) is 8.00. The fraction of sp³-hybridized carbons (Fsp3) is 0.412. The quantitative estimate of drug-likeness (QED) is 0.881. The molecule has 0 fully saturated rings. The molecule has 3 heteroatoms. The summed E-state index contributed by atoms with van der Waals surface area (Å²) in [6.45, 7) is 6.05. The summed E-state index contributed by atoms with van der Waals surface area (Å²) in [4.78, 5) is 3.82. The van der Waals surface area contributed by atoms with Crippen LogP contribution in [-0.4, -0.2) is 25.0 Å². The molecule has 1 atom stereocenters. The van der Waals surface area contributed by atoms with Gasteiger partial charge in [0.1, 0.15) is 0 Å². The fourth-order valence-electron chi connectivity index (χ4n) is 2.77. The van der Waals surface area contributed by atoms with E-state index in [2.05, 4.69) is 61.5 Å². The van der Waals surface area contributed by atoms with E-state index in [9.17, 15) is 0 Å². The standard InChI is InChI=1S/C17H24N2S/c1-13-6-4-7-14(2)17(13)16(12-18)19(3)10-9-15-8-5-11-20-15/h4-8,11,16H,9-10,12,18H2,1-3H3. The first-order valence-electron chi connectivity index (χ1n) is 7.12. The van der Waals surface area contributed by atoms with E-state index in [-0.39, 0.29) is 0 Å². The van der Waals surface area contributed by atoms with Crippen molar-refractivity contribution < 1.29 is 0 Å². The van der Waals surface area contributed by atoms with Gasteiger partial charge in [0.05, 0.1) is 0 Å².